The van der Waals surface area contributed by atoms with E-state index in [-0.39, 0.29) is 18.7 Å². The predicted octanol–water partition coefficient (Wildman–Crippen LogP) is 2.39. The summed E-state index contributed by atoms with van der Waals surface area (Å²) in [7, 11) is 1.54. The van der Waals surface area contributed by atoms with E-state index in [4.69, 9.17) is 5.26 Å². The number of rotatable bonds is 4. The first-order valence-corrected chi connectivity index (χ1v) is 4.68. The highest BCUT2D eigenvalue weighted by Gasteiger charge is 2.09. The van der Waals surface area contributed by atoms with Crippen LogP contribution >= 0.6 is 0 Å². The molecule has 0 bridgehead atoms. The van der Waals surface area contributed by atoms with Crippen molar-refractivity contribution in [3.05, 3.63) is 35.1 Å². The Bertz CT molecular complexity index is 399. The minimum Gasteiger partial charge on any atom is -0.297 e. The van der Waals surface area contributed by atoms with Gasteiger partial charge in [0, 0.05) is 6.54 Å². The molecule has 1 rings (SSSR count). The second-order valence-corrected chi connectivity index (χ2v) is 3.51. The molecule has 2 nitrogen and oxygen atoms in total. The molecule has 0 saturated heterocycles. The average Bonchev–Trinajstić information content (AvgIpc) is 2.19. The highest BCUT2D eigenvalue weighted by atomic mass is 19.3. The van der Waals surface area contributed by atoms with Crippen LogP contribution in [0, 0.1) is 17.1 Å². The van der Waals surface area contributed by atoms with Gasteiger partial charge in [0.05, 0.1) is 12.1 Å². The summed E-state index contributed by atoms with van der Waals surface area (Å²) in [4.78, 5) is 1.42. The predicted molar refractivity (Wildman–Crippen MR) is 53.5 cm³/mol. The van der Waals surface area contributed by atoms with Crippen LogP contribution < -0.4 is 0 Å². The van der Waals surface area contributed by atoms with E-state index in [1.807, 2.05) is 0 Å². The molecule has 0 heterocycles. The first-order chi connectivity index (χ1) is 7.52. The van der Waals surface area contributed by atoms with E-state index in [0.29, 0.717) is 5.56 Å². The Balaban J connectivity index is 2.71. The van der Waals surface area contributed by atoms with Gasteiger partial charge in [-0.05, 0) is 24.7 Å². The van der Waals surface area contributed by atoms with E-state index >= 15 is 0 Å². The van der Waals surface area contributed by atoms with Crippen LogP contribution in [0.5, 0.6) is 0 Å². The Kier molecular flexibility index (Phi) is 4.32. The molecule has 5 heteroatoms. The van der Waals surface area contributed by atoms with Crippen molar-refractivity contribution in [2.24, 2.45) is 0 Å². The van der Waals surface area contributed by atoms with Gasteiger partial charge in [-0.3, -0.25) is 4.90 Å². The molecule has 0 radical (unpaired) electrons. The average molecular weight is 228 g/mol. The fraction of sp³-hybridized carbons (Fsp3) is 0.364. The summed E-state index contributed by atoms with van der Waals surface area (Å²) >= 11 is 0. The summed E-state index contributed by atoms with van der Waals surface area (Å²) in [5.41, 5.74) is 0.573. The van der Waals surface area contributed by atoms with Crippen LogP contribution in [0.4, 0.5) is 13.2 Å². The molecule has 0 fully saturated rings. The smallest absolute Gasteiger partial charge is 0.251 e. The van der Waals surface area contributed by atoms with Crippen molar-refractivity contribution in [1.82, 2.24) is 4.90 Å². The standard InChI is InChI=1S/C11H11F3N2/c1-16(7-11(13)14)6-8-2-3-10(12)9(4-8)5-15/h2-4,11H,6-7H2,1H3. The molecule has 0 spiro atoms. The molecule has 86 valence electrons. The summed E-state index contributed by atoms with van der Waals surface area (Å²) in [5, 5.41) is 8.60. The van der Waals surface area contributed by atoms with Crippen LogP contribution in [0.3, 0.4) is 0 Å². The molecule has 1 aromatic rings. The topological polar surface area (TPSA) is 27.0 Å². The van der Waals surface area contributed by atoms with E-state index in [1.54, 1.807) is 13.1 Å². The van der Waals surface area contributed by atoms with E-state index in [9.17, 15) is 13.2 Å². The highest BCUT2D eigenvalue weighted by Crippen LogP contribution is 2.11. The molecule has 0 aliphatic rings. The Morgan fingerprint density at radius 1 is 1.44 bits per heavy atom. The molecule has 0 amide bonds. The lowest BCUT2D eigenvalue weighted by molar-refractivity contribution is 0.0975. The summed E-state index contributed by atoms with van der Waals surface area (Å²) in [5.74, 6) is -0.595. The maximum absolute atomic E-state index is 13.0. The Hall–Kier alpha value is -1.54. The van der Waals surface area contributed by atoms with Gasteiger partial charge >= 0.3 is 0 Å². The number of nitriles is 1. The van der Waals surface area contributed by atoms with E-state index in [1.165, 1.54) is 23.1 Å². The summed E-state index contributed by atoms with van der Waals surface area (Å²) in [6, 6.07) is 5.74. The van der Waals surface area contributed by atoms with Gasteiger partial charge < -0.3 is 0 Å². The van der Waals surface area contributed by atoms with Crippen molar-refractivity contribution in [2.45, 2.75) is 13.0 Å². The van der Waals surface area contributed by atoms with Crippen molar-refractivity contribution >= 4 is 0 Å². The van der Waals surface area contributed by atoms with E-state index in [2.05, 4.69) is 0 Å². The molecule has 16 heavy (non-hydrogen) atoms. The van der Waals surface area contributed by atoms with E-state index < -0.39 is 12.2 Å². The van der Waals surface area contributed by atoms with Crippen molar-refractivity contribution < 1.29 is 13.2 Å². The molecule has 1 aromatic carbocycles. The van der Waals surface area contributed by atoms with Gasteiger partial charge in [0.25, 0.3) is 6.43 Å². The van der Waals surface area contributed by atoms with Crippen LogP contribution in [0.1, 0.15) is 11.1 Å². The van der Waals surface area contributed by atoms with Gasteiger partial charge in [-0.15, -0.1) is 0 Å². The van der Waals surface area contributed by atoms with Gasteiger partial charge in [-0.2, -0.15) is 5.26 Å². The zero-order chi connectivity index (χ0) is 12.1. The van der Waals surface area contributed by atoms with Gasteiger partial charge in [0.1, 0.15) is 11.9 Å². The first-order valence-electron chi connectivity index (χ1n) is 4.68. The zero-order valence-electron chi connectivity index (χ0n) is 8.75. The van der Waals surface area contributed by atoms with Crippen LogP contribution in [0.15, 0.2) is 18.2 Å². The maximum Gasteiger partial charge on any atom is 0.251 e. The van der Waals surface area contributed by atoms with Crippen molar-refractivity contribution in [1.29, 1.82) is 5.26 Å². The van der Waals surface area contributed by atoms with Gasteiger partial charge in [0.2, 0.25) is 0 Å². The molecule has 0 aromatic heterocycles. The number of hydrogen-bond acceptors (Lipinski definition) is 2. The number of benzene rings is 1. The Morgan fingerprint density at radius 3 is 2.69 bits per heavy atom. The molecule has 0 atom stereocenters. The van der Waals surface area contributed by atoms with Crippen LogP contribution in [-0.4, -0.2) is 24.9 Å². The van der Waals surface area contributed by atoms with Crippen molar-refractivity contribution in [3.63, 3.8) is 0 Å². The molecule has 0 aliphatic heterocycles. The normalized spacial score (nSPS) is 10.8. The van der Waals surface area contributed by atoms with Crippen molar-refractivity contribution in [2.75, 3.05) is 13.6 Å². The molecule has 0 saturated carbocycles. The molecular formula is C11H11F3N2. The maximum atomic E-state index is 13.0. The fourth-order valence-electron chi connectivity index (χ4n) is 1.37. The fourth-order valence-corrected chi connectivity index (χ4v) is 1.37. The Labute approximate surface area is 91.9 Å². The highest BCUT2D eigenvalue weighted by molar-refractivity contribution is 5.34. The van der Waals surface area contributed by atoms with Gasteiger partial charge in [0.15, 0.2) is 0 Å². The molecular weight excluding hydrogens is 217 g/mol. The lowest BCUT2D eigenvalue weighted by Gasteiger charge is -2.15. The third-order valence-corrected chi connectivity index (χ3v) is 2.05. The minimum atomic E-state index is -2.40. The van der Waals surface area contributed by atoms with Crippen molar-refractivity contribution in [3.8, 4) is 6.07 Å². The number of nitrogens with zero attached hydrogens (tertiary/aromatic N) is 2. The number of hydrogen-bond donors (Lipinski definition) is 0. The number of alkyl halides is 2. The molecule has 0 aliphatic carbocycles. The Morgan fingerprint density at radius 2 is 2.12 bits per heavy atom. The summed E-state index contributed by atoms with van der Waals surface area (Å²) in [6.07, 6.45) is -2.40. The monoisotopic (exact) mass is 228 g/mol. The van der Waals surface area contributed by atoms with Gasteiger partial charge in [-0.25, -0.2) is 13.2 Å². The lowest BCUT2D eigenvalue weighted by atomic mass is 10.1. The van der Waals surface area contributed by atoms with E-state index in [0.717, 1.165) is 0 Å². The van der Waals surface area contributed by atoms with Crippen LogP contribution in [0.25, 0.3) is 0 Å². The lowest BCUT2D eigenvalue weighted by Crippen LogP contribution is -2.24. The molecule has 0 N–H and O–H groups in total. The SMILES string of the molecule is CN(Cc1ccc(F)c(C#N)c1)CC(F)F. The quantitative estimate of drug-likeness (QED) is 0.791. The minimum absolute atomic E-state index is 0.0667. The third kappa shape index (κ3) is 3.55. The second-order valence-electron chi connectivity index (χ2n) is 3.51. The third-order valence-electron chi connectivity index (χ3n) is 2.05. The molecule has 0 unspecified atom stereocenters. The van der Waals surface area contributed by atoms with Gasteiger partial charge in [-0.1, -0.05) is 6.07 Å². The second kappa shape index (κ2) is 5.52. The number of halogens is 3. The first kappa shape index (κ1) is 12.5. The zero-order valence-corrected chi connectivity index (χ0v) is 8.75. The summed E-state index contributed by atoms with van der Waals surface area (Å²) < 4.78 is 37.0. The largest absolute Gasteiger partial charge is 0.297 e. The van der Waals surface area contributed by atoms with Crippen LogP contribution in [0.2, 0.25) is 0 Å². The summed E-state index contributed by atoms with van der Waals surface area (Å²) in [6.45, 7) is -0.0848. The van der Waals surface area contributed by atoms with Crippen LogP contribution in [-0.2, 0) is 6.54 Å².